The van der Waals surface area contributed by atoms with Crippen molar-refractivity contribution in [3.8, 4) is 0 Å². The molecule has 2 rings (SSSR count). The van der Waals surface area contributed by atoms with Gasteiger partial charge in [-0.2, -0.15) is 0 Å². The Hall–Kier alpha value is -0.860. The fourth-order valence-corrected chi connectivity index (χ4v) is 3.33. The van der Waals surface area contributed by atoms with Crippen molar-refractivity contribution in [2.45, 2.75) is 45.6 Å². The molecule has 0 aliphatic rings. The van der Waals surface area contributed by atoms with E-state index in [1.807, 2.05) is 18.2 Å². The van der Waals surface area contributed by atoms with Crippen LogP contribution in [-0.2, 0) is 0 Å². The zero-order valence-corrected chi connectivity index (χ0v) is 13.9. The monoisotopic (exact) mass is 334 g/mol. The quantitative estimate of drug-likeness (QED) is 0.702. The van der Waals surface area contributed by atoms with Gasteiger partial charge in [0.05, 0.1) is 6.10 Å². The van der Waals surface area contributed by atoms with Gasteiger partial charge >= 0.3 is 0 Å². The summed E-state index contributed by atoms with van der Waals surface area (Å²) in [5, 5.41) is 13.1. The molecular weight excluding hydrogens is 312 g/mol. The van der Waals surface area contributed by atoms with Crippen molar-refractivity contribution in [1.29, 1.82) is 0 Å². The summed E-state index contributed by atoms with van der Waals surface area (Å²) < 4.78 is 1.09. The zero-order valence-electron chi connectivity index (χ0n) is 12.3. The Bertz CT molecular complexity index is 564. The third-order valence-electron chi connectivity index (χ3n) is 4.12. The number of benzene rings is 2. The molecule has 2 unspecified atom stereocenters. The average molecular weight is 335 g/mol. The van der Waals surface area contributed by atoms with E-state index in [1.165, 1.54) is 18.2 Å². The molecule has 0 aromatic heterocycles. The first-order valence-corrected chi connectivity index (χ1v) is 8.33. The Morgan fingerprint density at radius 3 is 2.40 bits per heavy atom. The van der Waals surface area contributed by atoms with Gasteiger partial charge in [-0.3, -0.25) is 0 Å². The van der Waals surface area contributed by atoms with E-state index in [0.29, 0.717) is 5.92 Å². The van der Waals surface area contributed by atoms with Crippen molar-refractivity contribution >= 4 is 26.7 Å². The summed E-state index contributed by atoms with van der Waals surface area (Å²) in [5.74, 6) is 0.347. The molecule has 0 spiro atoms. The van der Waals surface area contributed by atoms with Crippen LogP contribution in [0.2, 0.25) is 0 Å². The Balaban J connectivity index is 2.38. The summed E-state index contributed by atoms with van der Waals surface area (Å²) in [4.78, 5) is 0. The molecule has 1 nitrogen and oxygen atoms in total. The molecule has 0 heterocycles. The van der Waals surface area contributed by atoms with E-state index in [-0.39, 0.29) is 6.10 Å². The first-order chi connectivity index (χ1) is 9.69. The summed E-state index contributed by atoms with van der Waals surface area (Å²) >= 11 is 3.59. The van der Waals surface area contributed by atoms with Crippen LogP contribution in [0.3, 0.4) is 0 Å². The van der Waals surface area contributed by atoms with E-state index in [9.17, 15) is 5.11 Å². The fourth-order valence-electron chi connectivity index (χ4n) is 2.85. The van der Waals surface area contributed by atoms with Crippen molar-refractivity contribution in [3.05, 3.63) is 46.4 Å². The van der Waals surface area contributed by atoms with E-state index in [4.69, 9.17) is 0 Å². The van der Waals surface area contributed by atoms with Crippen molar-refractivity contribution in [2.24, 2.45) is 5.92 Å². The maximum absolute atomic E-state index is 10.8. The molecule has 2 aromatic rings. The van der Waals surface area contributed by atoms with Gasteiger partial charge in [-0.15, -0.1) is 0 Å². The van der Waals surface area contributed by atoms with E-state index < -0.39 is 0 Å². The van der Waals surface area contributed by atoms with E-state index >= 15 is 0 Å². The molecular formula is C18H23BrO. The molecule has 2 aromatic carbocycles. The molecule has 108 valence electrons. The minimum atomic E-state index is -0.371. The summed E-state index contributed by atoms with van der Waals surface area (Å²) in [6.45, 7) is 4.37. The van der Waals surface area contributed by atoms with Gasteiger partial charge in [0.15, 0.2) is 0 Å². The number of rotatable bonds is 6. The number of aliphatic hydroxyl groups excluding tert-OH is 1. The molecule has 0 saturated heterocycles. The maximum Gasteiger partial charge on any atom is 0.0824 e. The predicted octanol–water partition coefficient (Wildman–Crippen LogP) is 5.85. The highest BCUT2D eigenvalue weighted by Gasteiger charge is 2.21. The average Bonchev–Trinajstić information content (AvgIpc) is 2.48. The molecule has 0 bridgehead atoms. The van der Waals surface area contributed by atoms with Crippen LogP contribution >= 0.6 is 15.9 Å². The number of hydrogen-bond donors (Lipinski definition) is 1. The van der Waals surface area contributed by atoms with Crippen LogP contribution in [-0.4, -0.2) is 5.11 Å². The zero-order chi connectivity index (χ0) is 14.5. The third-order valence-corrected chi connectivity index (χ3v) is 4.81. The first kappa shape index (κ1) is 15.5. The second kappa shape index (κ2) is 7.24. The highest BCUT2D eigenvalue weighted by atomic mass is 79.9. The molecule has 2 heteroatoms. The minimum Gasteiger partial charge on any atom is -0.388 e. The Labute approximate surface area is 130 Å². The van der Waals surface area contributed by atoms with Crippen molar-refractivity contribution < 1.29 is 5.11 Å². The normalized spacial score (nSPS) is 14.4. The van der Waals surface area contributed by atoms with Gasteiger partial charge in [0.1, 0.15) is 0 Å². The van der Waals surface area contributed by atoms with Gasteiger partial charge in [-0.25, -0.2) is 0 Å². The lowest BCUT2D eigenvalue weighted by atomic mass is 9.87. The molecule has 0 aliphatic carbocycles. The Kier molecular flexibility index (Phi) is 5.62. The molecule has 0 saturated carbocycles. The highest BCUT2D eigenvalue weighted by molar-refractivity contribution is 9.10. The van der Waals surface area contributed by atoms with Gasteiger partial charge in [0, 0.05) is 4.47 Å². The number of unbranched alkanes of at least 4 members (excludes halogenated alkanes) is 1. The third kappa shape index (κ3) is 3.24. The van der Waals surface area contributed by atoms with E-state index in [1.54, 1.807) is 0 Å². The van der Waals surface area contributed by atoms with Gasteiger partial charge in [0.25, 0.3) is 0 Å². The van der Waals surface area contributed by atoms with Crippen molar-refractivity contribution in [3.63, 3.8) is 0 Å². The van der Waals surface area contributed by atoms with Crippen molar-refractivity contribution in [1.82, 2.24) is 0 Å². The predicted molar refractivity (Wildman–Crippen MR) is 89.9 cm³/mol. The van der Waals surface area contributed by atoms with Crippen LogP contribution in [0.15, 0.2) is 40.9 Å². The van der Waals surface area contributed by atoms with E-state index in [2.05, 4.69) is 48.0 Å². The SMILES string of the molecule is CCCCC(CC)C(O)c1ccc(Br)c2ccccc12. The summed E-state index contributed by atoms with van der Waals surface area (Å²) in [6, 6.07) is 12.4. The van der Waals surface area contributed by atoms with Crippen molar-refractivity contribution in [2.75, 3.05) is 0 Å². The molecule has 1 N–H and O–H groups in total. The lowest BCUT2D eigenvalue weighted by molar-refractivity contribution is 0.100. The topological polar surface area (TPSA) is 20.2 Å². The highest BCUT2D eigenvalue weighted by Crippen LogP contribution is 2.35. The Morgan fingerprint density at radius 2 is 1.75 bits per heavy atom. The molecule has 0 amide bonds. The van der Waals surface area contributed by atoms with Crippen LogP contribution in [0, 0.1) is 5.92 Å². The minimum absolute atomic E-state index is 0.347. The fraction of sp³-hybridized carbons (Fsp3) is 0.444. The lowest BCUT2D eigenvalue weighted by Gasteiger charge is -2.23. The van der Waals surface area contributed by atoms with Crippen LogP contribution in [0.4, 0.5) is 0 Å². The smallest absolute Gasteiger partial charge is 0.0824 e. The number of hydrogen-bond acceptors (Lipinski definition) is 1. The van der Waals surface area contributed by atoms with Gasteiger partial charge in [-0.05, 0) is 34.7 Å². The first-order valence-electron chi connectivity index (χ1n) is 7.54. The number of fused-ring (bicyclic) bond motifs is 1. The molecule has 0 aliphatic heterocycles. The van der Waals surface area contributed by atoms with Crippen LogP contribution in [0.25, 0.3) is 10.8 Å². The summed E-state index contributed by atoms with van der Waals surface area (Å²) in [5.41, 5.74) is 1.06. The summed E-state index contributed by atoms with van der Waals surface area (Å²) in [6.07, 6.45) is 4.11. The number of aliphatic hydroxyl groups is 1. The second-order valence-electron chi connectivity index (χ2n) is 5.44. The van der Waals surface area contributed by atoms with Gasteiger partial charge in [0.2, 0.25) is 0 Å². The van der Waals surface area contributed by atoms with Gasteiger partial charge in [-0.1, -0.05) is 79.4 Å². The van der Waals surface area contributed by atoms with E-state index in [0.717, 1.165) is 28.3 Å². The van der Waals surface area contributed by atoms with Crippen LogP contribution in [0.1, 0.15) is 51.2 Å². The lowest BCUT2D eigenvalue weighted by Crippen LogP contribution is -2.12. The molecule has 2 atom stereocenters. The second-order valence-corrected chi connectivity index (χ2v) is 6.29. The molecule has 0 radical (unpaired) electrons. The van der Waals surface area contributed by atoms with Crippen LogP contribution in [0.5, 0.6) is 0 Å². The maximum atomic E-state index is 10.8. The largest absolute Gasteiger partial charge is 0.388 e. The summed E-state index contributed by atoms with van der Waals surface area (Å²) in [7, 11) is 0. The Morgan fingerprint density at radius 1 is 1.05 bits per heavy atom. The molecule has 0 fully saturated rings. The molecule has 20 heavy (non-hydrogen) atoms. The standard InChI is InChI=1S/C18H23BrO/c1-3-5-8-13(4-2)18(20)16-11-12-17(19)15-10-7-6-9-14(15)16/h6-7,9-13,18,20H,3-5,8H2,1-2H3. The van der Waals surface area contributed by atoms with Crippen LogP contribution < -0.4 is 0 Å². The number of halogens is 1. The van der Waals surface area contributed by atoms with Gasteiger partial charge < -0.3 is 5.11 Å².